The zero-order valence-electron chi connectivity index (χ0n) is 6.74. The Bertz CT molecular complexity index is 288. The standard InChI is InChI=1S/C7H10N4O/c1-12-7(9)2-6-5(3-8)4-10-11-6/h4,7H,2,9H2,1H3,(H,10,11)/t7-/m0/s1. The van der Waals surface area contributed by atoms with Crippen LogP contribution in [0.2, 0.25) is 0 Å². The molecule has 0 bridgehead atoms. The van der Waals surface area contributed by atoms with E-state index in [0.717, 1.165) is 0 Å². The van der Waals surface area contributed by atoms with Gasteiger partial charge in [0.2, 0.25) is 0 Å². The van der Waals surface area contributed by atoms with Crippen LogP contribution in [-0.4, -0.2) is 23.5 Å². The van der Waals surface area contributed by atoms with Crippen LogP contribution in [0.4, 0.5) is 0 Å². The third kappa shape index (κ3) is 1.81. The molecule has 1 aromatic rings. The first-order chi connectivity index (χ1) is 5.77. The summed E-state index contributed by atoms with van der Waals surface area (Å²) in [6.07, 6.45) is 1.55. The quantitative estimate of drug-likeness (QED) is 0.606. The predicted octanol–water partition coefficient (Wildman–Crippen LogP) is -0.245. The largest absolute Gasteiger partial charge is 0.366 e. The topological polar surface area (TPSA) is 87.7 Å². The van der Waals surface area contributed by atoms with Gasteiger partial charge in [-0.05, 0) is 0 Å². The van der Waals surface area contributed by atoms with Gasteiger partial charge in [0.1, 0.15) is 12.3 Å². The molecule has 5 nitrogen and oxygen atoms in total. The lowest BCUT2D eigenvalue weighted by molar-refractivity contribution is 0.108. The fourth-order valence-corrected chi connectivity index (χ4v) is 0.849. The third-order valence-electron chi connectivity index (χ3n) is 1.55. The van der Waals surface area contributed by atoms with Gasteiger partial charge in [0.25, 0.3) is 0 Å². The van der Waals surface area contributed by atoms with E-state index in [1.165, 1.54) is 13.3 Å². The molecule has 5 heteroatoms. The van der Waals surface area contributed by atoms with Crippen LogP contribution in [0, 0.1) is 11.3 Å². The van der Waals surface area contributed by atoms with E-state index in [1.54, 1.807) is 0 Å². The number of aromatic nitrogens is 2. The molecule has 1 atom stereocenters. The van der Waals surface area contributed by atoms with E-state index < -0.39 is 6.23 Å². The van der Waals surface area contributed by atoms with Gasteiger partial charge in [0.15, 0.2) is 0 Å². The Labute approximate surface area is 70.1 Å². The van der Waals surface area contributed by atoms with Crippen molar-refractivity contribution in [2.75, 3.05) is 7.11 Å². The van der Waals surface area contributed by atoms with Gasteiger partial charge in [-0.2, -0.15) is 10.4 Å². The monoisotopic (exact) mass is 166 g/mol. The maximum absolute atomic E-state index is 8.60. The summed E-state index contributed by atoms with van der Waals surface area (Å²) in [5.74, 6) is 0. The Morgan fingerprint density at radius 1 is 1.92 bits per heavy atom. The molecule has 0 aromatic carbocycles. The molecule has 0 aliphatic heterocycles. The van der Waals surface area contributed by atoms with Crippen LogP contribution in [0.25, 0.3) is 0 Å². The lowest BCUT2D eigenvalue weighted by Gasteiger charge is -2.06. The molecule has 0 aliphatic carbocycles. The minimum Gasteiger partial charge on any atom is -0.366 e. The van der Waals surface area contributed by atoms with Crippen LogP contribution < -0.4 is 5.73 Å². The number of nitriles is 1. The second-order valence-electron chi connectivity index (χ2n) is 2.35. The zero-order valence-corrected chi connectivity index (χ0v) is 6.74. The van der Waals surface area contributed by atoms with E-state index in [0.29, 0.717) is 17.7 Å². The van der Waals surface area contributed by atoms with Gasteiger partial charge in [0.05, 0.1) is 17.5 Å². The molecule has 0 radical (unpaired) electrons. The van der Waals surface area contributed by atoms with Crippen molar-refractivity contribution < 1.29 is 4.74 Å². The number of hydrogen-bond donors (Lipinski definition) is 2. The molecule has 64 valence electrons. The first kappa shape index (κ1) is 8.71. The fourth-order valence-electron chi connectivity index (χ4n) is 0.849. The summed E-state index contributed by atoms with van der Waals surface area (Å²) in [5, 5.41) is 15.0. The van der Waals surface area contributed by atoms with Crippen LogP contribution in [0.15, 0.2) is 6.20 Å². The van der Waals surface area contributed by atoms with Gasteiger partial charge >= 0.3 is 0 Å². The summed E-state index contributed by atoms with van der Waals surface area (Å²) in [6, 6.07) is 2.00. The molecule has 0 saturated carbocycles. The highest BCUT2D eigenvalue weighted by Gasteiger charge is 2.08. The Balaban J connectivity index is 2.69. The number of nitrogens with two attached hydrogens (primary N) is 1. The summed E-state index contributed by atoms with van der Waals surface area (Å²) in [7, 11) is 1.52. The first-order valence-corrected chi connectivity index (χ1v) is 3.48. The van der Waals surface area contributed by atoms with E-state index in [2.05, 4.69) is 10.2 Å². The highest BCUT2D eigenvalue weighted by atomic mass is 16.5. The molecular weight excluding hydrogens is 156 g/mol. The number of methoxy groups -OCH3 is 1. The van der Waals surface area contributed by atoms with Crippen molar-refractivity contribution in [2.45, 2.75) is 12.6 Å². The first-order valence-electron chi connectivity index (χ1n) is 3.48. The summed E-state index contributed by atoms with van der Waals surface area (Å²) >= 11 is 0. The smallest absolute Gasteiger partial charge is 0.110 e. The Morgan fingerprint density at radius 3 is 3.25 bits per heavy atom. The number of H-pyrrole nitrogens is 1. The van der Waals surface area contributed by atoms with Crippen molar-refractivity contribution in [3.63, 3.8) is 0 Å². The number of nitrogens with zero attached hydrogens (tertiary/aromatic N) is 2. The van der Waals surface area contributed by atoms with Gasteiger partial charge in [-0.25, -0.2) is 0 Å². The van der Waals surface area contributed by atoms with Gasteiger partial charge < -0.3 is 10.5 Å². The van der Waals surface area contributed by atoms with Crippen molar-refractivity contribution >= 4 is 0 Å². The molecule has 1 heterocycles. The molecule has 0 unspecified atom stereocenters. The molecule has 0 spiro atoms. The van der Waals surface area contributed by atoms with Gasteiger partial charge in [-0.1, -0.05) is 0 Å². The number of nitrogens with one attached hydrogen (secondary N) is 1. The van der Waals surface area contributed by atoms with Crippen LogP contribution in [-0.2, 0) is 11.2 Å². The molecule has 0 aliphatic rings. The Morgan fingerprint density at radius 2 is 2.67 bits per heavy atom. The minimum absolute atomic E-state index is 0.391. The SMILES string of the molecule is CO[C@H](N)Cc1[nH]ncc1C#N. The second-order valence-corrected chi connectivity index (χ2v) is 2.35. The molecule has 0 amide bonds. The number of rotatable bonds is 3. The van der Waals surface area contributed by atoms with Crippen LogP contribution in [0.3, 0.4) is 0 Å². The summed E-state index contributed by atoms with van der Waals surface area (Å²) in [4.78, 5) is 0. The Hall–Kier alpha value is -1.38. The maximum atomic E-state index is 8.60. The molecule has 0 fully saturated rings. The predicted molar refractivity (Wildman–Crippen MR) is 42.0 cm³/mol. The average Bonchev–Trinajstić information content (AvgIpc) is 2.51. The number of hydrogen-bond acceptors (Lipinski definition) is 4. The van der Waals surface area contributed by atoms with Gasteiger partial charge in [-0.15, -0.1) is 0 Å². The number of aromatic amines is 1. The van der Waals surface area contributed by atoms with E-state index in [1.807, 2.05) is 6.07 Å². The molecule has 1 rings (SSSR count). The maximum Gasteiger partial charge on any atom is 0.110 e. The van der Waals surface area contributed by atoms with E-state index >= 15 is 0 Å². The van der Waals surface area contributed by atoms with Crippen molar-refractivity contribution in [3.05, 3.63) is 17.5 Å². The van der Waals surface area contributed by atoms with Gasteiger partial charge in [0, 0.05) is 13.5 Å². The summed E-state index contributed by atoms with van der Waals surface area (Å²) < 4.78 is 4.84. The molecular formula is C7H10N4O. The van der Waals surface area contributed by atoms with Crippen LogP contribution in [0.1, 0.15) is 11.3 Å². The van der Waals surface area contributed by atoms with E-state index in [4.69, 9.17) is 15.7 Å². The van der Waals surface area contributed by atoms with Crippen molar-refractivity contribution in [2.24, 2.45) is 5.73 Å². The van der Waals surface area contributed by atoms with Crippen molar-refractivity contribution in [1.29, 1.82) is 5.26 Å². The lowest BCUT2D eigenvalue weighted by atomic mass is 10.2. The van der Waals surface area contributed by atoms with Crippen molar-refractivity contribution in [1.82, 2.24) is 10.2 Å². The second kappa shape index (κ2) is 3.85. The van der Waals surface area contributed by atoms with Crippen molar-refractivity contribution in [3.8, 4) is 6.07 Å². The Kier molecular flexibility index (Phi) is 2.80. The molecule has 12 heavy (non-hydrogen) atoms. The fraction of sp³-hybridized carbons (Fsp3) is 0.429. The highest BCUT2D eigenvalue weighted by Crippen LogP contribution is 2.04. The third-order valence-corrected chi connectivity index (χ3v) is 1.55. The molecule has 3 N–H and O–H groups in total. The summed E-state index contributed by atoms with van der Waals surface area (Å²) in [5.41, 5.74) is 6.74. The lowest BCUT2D eigenvalue weighted by Crippen LogP contribution is -2.25. The number of ether oxygens (including phenoxy) is 1. The normalized spacial score (nSPS) is 12.4. The zero-order chi connectivity index (χ0) is 8.97. The molecule has 0 saturated heterocycles. The average molecular weight is 166 g/mol. The van der Waals surface area contributed by atoms with E-state index in [-0.39, 0.29) is 0 Å². The van der Waals surface area contributed by atoms with Crippen LogP contribution in [0.5, 0.6) is 0 Å². The minimum atomic E-state index is -0.391. The van der Waals surface area contributed by atoms with Gasteiger partial charge in [-0.3, -0.25) is 5.10 Å². The summed E-state index contributed by atoms with van der Waals surface area (Å²) in [6.45, 7) is 0. The van der Waals surface area contributed by atoms with Crippen LogP contribution >= 0.6 is 0 Å². The van der Waals surface area contributed by atoms with E-state index in [9.17, 15) is 0 Å². The highest BCUT2D eigenvalue weighted by molar-refractivity contribution is 5.30. The molecule has 1 aromatic heterocycles.